The number of halogens is 3. The minimum absolute atomic E-state index is 0.0457. The number of ether oxygens (including phenoxy) is 1. The number of alkyl halides is 3. The zero-order valence-electron chi connectivity index (χ0n) is 21.1. The summed E-state index contributed by atoms with van der Waals surface area (Å²) < 4.78 is 44.6. The maximum atomic E-state index is 13.5. The number of carbonyl (C=O) groups excluding carboxylic acids is 3. The molecule has 0 saturated carbocycles. The largest absolute Gasteiger partial charge is 0.462 e. The van der Waals surface area contributed by atoms with Crippen molar-refractivity contribution in [3.8, 4) is 6.07 Å². The van der Waals surface area contributed by atoms with E-state index in [1.165, 1.54) is 41.3 Å². The highest BCUT2D eigenvalue weighted by Crippen LogP contribution is 2.42. The molecule has 4 rings (SSSR count). The van der Waals surface area contributed by atoms with Gasteiger partial charge in [-0.05, 0) is 61.4 Å². The number of benzene rings is 3. The summed E-state index contributed by atoms with van der Waals surface area (Å²) >= 11 is 0.944. The minimum atomic E-state index is -4.54. The van der Waals surface area contributed by atoms with Crippen molar-refractivity contribution < 1.29 is 32.3 Å². The summed E-state index contributed by atoms with van der Waals surface area (Å²) in [6.45, 7) is 1.89. The van der Waals surface area contributed by atoms with Crippen LogP contribution in [0.2, 0.25) is 0 Å². The van der Waals surface area contributed by atoms with Crippen LogP contribution in [0.5, 0.6) is 0 Å². The first-order valence-electron chi connectivity index (χ1n) is 12.1. The van der Waals surface area contributed by atoms with E-state index in [0.29, 0.717) is 16.9 Å². The van der Waals surface area contributed by atoms with E-state index in [-0.39, 0.29) is 29.2 Å². The van der Waals surface area contributed by atoms with Crippen molar-refractivity contribution in [1.29, 1.82) is 5.26 Å². The van der Waals surface area contributed by atoms with Gasteiger partial charge in [0.2, 0.25) is 5.91 Å². The molecule has 1 N–H and O–H groups in total. The predicted molar refractivity (Wildman–Crippen MR) is 144 cm³/mol. The van der Waals surface area contributed by atoms with Crippen LogP contribution in [0, 0.1) is 11.3 Å². The third-order valence-corrected chi connectivity index (χ3v) is 7.11. The van der Waals surface area contributed by atoms with Crippen molar-refractivity contribution in [3.63, 3.8) is 0 Å². The fourth-order valence-corrected chi connectivity index (χ4v) is 5.29. The van der Waals surface area contributed by atoms with Crippen molar-refractivity contribution in [2.45, 2.75) is 24.8 Å². The quantitative estimate of drug-likeness (QED) is 0.216. The normalized spacial score (nSPS) is 16.3. The summed E-state index contributed by atoms with van der Waals surface area (Å²) in [6, 6.07) is 20.8. The number of nitrogens with zero attached hydrogens (tertiary/aromatic N) is 2. The van der Waals surface area contributed by atoms with E-state index in [2.05, 4.69) is 5.32 Å². The van der Waals surface area contributed by atoms with E-state index in [1.807, 2.05) is 6.07 Å². The summed E-state index contributed by atoms with van der Waals surface area (Å²) in [6.07, 6.45) is -4.58. The second-order valence-corrected chi connectivity index (χ2v) is 9.75. The zero-order valence-corrected chi connectivity index (χ0v) is 21.9. The number of anilines is 2. The Morgan fingerprint density at radius 3 is 2.38 bits per heavy atom. The molecule has 7 nitrogen and oxygen atoms in total. The maximum absolute atomic E-state index is 13.5. The molecule has 40 heavy (non-hydrogen) atoms. The third-order valence-electron chi connectivity index (χ3n) is 5.85. The van der Waals surface area contributed by atoms with Gasteiger partial charge in [-0.2, -0.15) is 18.4 Å². The molecule has 0 bridgehead atoms. The highest BCUT2D eigenvalue weighted by Gasteiger charge is 2.41. The fourth-order valence-electron chi connectivity index (χ4n) is 3.99. The molecule has 1 aliphatic heterocycles. The Morgan fingerprint density at radius 1 is 1.05 bits per heavy atom. The van der Waals surface area contributed by atoms with Crippen molar-refractivity contribution >= 4 is 40.9 Å². The van der Waals surface area contributed by atoms with Gasteiger partial charge in [-0.1, -0.05) is 48.2 Å². The summed E-state index contributed by atoms with van der Waals surface area (Å²) in [7, 11) is 0. The van der Waals surface area contributed by atoms with E-state index in [4.69, 9.17) is 4.74 Å². The second kappa shape index (κ2) is 12.1. The number of carbonyl (C=O) groups is 3. The number of amides is 2. The molecule has 204 valence electrons. The topological polar surface area (TPSA) is 99.5 Å². The van der Waals surface area contributed by atoms with Gasteiger partial charge in [-0.25, -0.2) is 4.79 Å². The lowest BCUT2D eigenvalue weighted by Gasteiger charge is -2.18. The SMILES string of the molecule is CCOC(=O)c1ccc(NC(=O)C(C#N)=C2SC(Cc3cccc(C(F)(F)F)c3)C(=O)N2c2ccccc2)cc1. The predicted octanol–water partition coefficient (Wildman–Crippen LogP) is 5.95. The Balaban J connectivity index is 1.65. The lowest BCUT2D eigenvalue weighted by atomic mass is 10.1. The van der Waals surface area contributed by atoms with Crippen molar-refractivity contribution in [3.05, 3.63) is 106 Å². The van der Waals surface area contributed by atoms with Crippen LogP contribution in [-0.4, -0.2) is 29.6 Å². The molecule has 11 heteroatoms. The Labute approximate surface area is 232 Å². The molecule has 1 saturated heterocycles. The Kier molecular flexibility index (Phi) is 8.60. The van der Waals surface area contributed by atoms with Gasteiger partial charge in [0.25, 0.3) is 5.91 Å². The number of nitriles is 1. The van der Waals surface area contributed by atoms with Gasteiger partial charge in [0.1, 0.15) is 16.7 Å². The Bertz CT molecular complexity index is 1500. The first kappa shape index (κ1) is 28.4. The highest BCUT2D eigenvalue weighted by atomic mass is 32.2. The van der Waals surface area contributed by atoms with Crippen molar-refractivity contribution in [1.82, 2.24) is 0 Å². The lowest BCUT2D eigenvalue weighted by molar-refractivity contribution is -0.137. The standard InChI is InChI=1S/C29H22F3N3O4S/c1-2-39-28(38)19-11-13-21(14-12-19)34-25(36)23(17-33)27-35(22-9-4-3-5-10-22)26(37)24(40-27)16-18-7-6-8-20(15-18)29(30,31)32/h3-15,24H,2,16H2,1H3,(H,34,36). The molecule has 1 fully saturated rings. The second-order valence-electron chi connectivity index (χ2n) is 8.56. The minimum Gasteiger partial charge on any atom is -0.462 e. The van der Waals surface area contributed by atoms with Gasteiger partial charge in [0.15, 0.2) is 0 Å². The monoisotopic (exact) mass is 565 g/mol. The van der Waals surface area contributed by atoms with Crippen LogP contribution in [0.15, 0.2) is 89.5 Å². The smallest absolute Gasteiger partial charge is 0.416 e. The lowest BCUT2D eigenvalue weighted by Crippen LogP contribution is -2.31. The van der Waals surface area contributed by atoms with E-state index < -0.39 is 34.8 Å². The number of nitrogens with one attached hydrogen (secondary N) is 1. The van der Waals surface area contributed by atoms with E-state index in [9.17, 15) is 32.8 Å². The van der Waals surface area contributed by atoms with Crippen LogP contribution >= 0.6 is 11.8 Å². The molecule has 3 aromatic rings. The number of hydrogen-bond acceptors (Lipinski definition) is 6. The molecule has 0 aromatic heterocycles. The number of rotatable bonds is 7. The molecule has 2 amide bonds. The number of para-hydroxylation sites is 1. The van der Waals surface area contributed by atoms with E-state index in [1.54, 1.807) is 37.3 Å². The van der Waals surface area contributed by atoms with Crippen LogP contribution in [-0.2, 0) is 26.9 Å². The van der Waals surface area contributed by atoms with Gasteiger partial charge >= 0.3 is 12.1 Å². The molecule has 3 aromatic carbocycles. The first-order chi connectivity index (χ1) is 19.1. The molecule has 0 aliphatic carbocycles. The van der Waals surface area contributed by atoms with Gasteiger partial charge in [0, 0.05) is 11.4 Å². The molecule has 1 atom stereocenters. The van der Waals surface area contributed by atoms with Crippen molar-refractivity contribution in [2.75, 3.05) is 16.8 Å². The third kappa shape index (κ3) is 6.35. The van der Waals surface area contributed by atoms with Crippen LogP contribution in [0.3, 0.4) is 0 Å². The first-order valence-corrected chi connectivity index (χ1v) is 12.9. The summed E-state index contributed by atoms with van der Waals surface area (Å²) in [5, 5.41) is 11.7. The van der Waals surface area contributed by atoms with Gasteiger partial charge in [-0.15, -0.1) is 0 Å². The average Bonchev–Trinajstić information content (AvgIpc) is 3.24. The zero-order chi connectivity index (χ0) is 28.9. The van der Waals surface area contributed by atoms with E-state index >= 15 is 0 Å². The molecule has 1 aliphatic rings. The number of thioether (sulfide) groups is 1. The fraction of sp³-hybridized carbons (Fsp3) is 0.172. The molecular formula is C29H22F3N3O4S. The number of hydrogen-bond donors (Lipinski definition) is 1. The molecule has 1 heterocycles. The van der Waals surface area contributed by atoms with Gasteiger partial charge in [0.05, 0.1) is 23.0 Å². The van der Waals surface area contributed by atoms with Gasteiger partial charge < -0.3 is 10.1 Å². The average molecular weight is 566 g/mol. The molecule has 0 radical (unpaired) electrons. The number of esters is 1. The molecule has 1 unspecified atom stereocenters. The Morgan fingerprint density at radius 2 is 1.75 bits per heavy atom. The van der Waals surface area contributed by atoms with Crippen LogP contribution in [0.4, 0.5) is 24.5 Å². The van der Waals surface area contributed by atoms with Gasteiger partial charge in [-0.3, -0.25) is 14.5 Å². The van der Waals surface area contributed by atoms with Crippen LogP contribution in [0.1, 0.15) is 28.4 Å². The highest BCUT2D eigenvalue weighted by molar-refractivity contribution is 8.05. The Hall–Kier alpha value is -4.56. The van der Waals surface area contributed by atoms with Crippen LogP contribution < -0.4 is 10.2 Å². The molecule has 0 spiro atoms. The van der Waals surface area contributed by atoms with Crippen LogP contribution in [0.25, 0.3) is 0 Å². The van der Waals surface area contributed by atoms with E-state index in [0.717, 1.165) is 23.9 Å². The summed E-state index contributed by atoms with van der Waals surface area (Å²) in [4.78, 5) is 39.8. The summed E-state index contributed by atoms with van der Waals surface area (Å²) in [5.41, 5.74) is 0.0988. The maximum Gasteiger partial charge on any atom is 0.416 e. The molecular weight excluding hydrogens is 543 g/mol. The summed E-state index contributed by atoms with van der Waals surface area (Å²) in [5.74, 6) is -1.78. The van der Waals surface area contributed by atoms with Crippen molar-refractivity contribution in [2.24, 2.45) is 0 Å².